The van der Waals surface area contributed by atoms with E-state index < -0.39 is 0 Å². The summed E-state index contributed by atoms with van der Waals surface area (Å²) in [5, 5.41) is 10.8. The average Bonchev–Trinajstić information content (AvgIpc) is 3.35. The Morgan fingerprint density at radius 1 is 1.15 bits per heavy atom. The first-order valence-electron chi connectivity index (χ1n) is 11.2. The lowest BCUT2D eigenvalue weighted by molar-refractivity contribution is 0.235. The number of nitrogens with one attached hydrogen (secondary N) is 2. The lowest BCUT2D eigenvalue weighted by Crippen LogP contribution is -2.45. The smallest absolute Gasteiger partial charge is 0.315 e. The fraction of sp³-hybridized carbons (Fsp3) is 0.458. The number of amides is 2. The fourth-order valence-corrected chi connectivity index (χ4v) is 4.36. The van der Waals surface area contributed by atoms with Crippen molar-refractivity contribution in [1.82, 2.24) is 25.2 Å². The van der Waals surface area contributed by atoms with Gasteiger partial charge in [0.2, 0.25) is 0 Å². The molecule has 0 radical (unpaired) electrons. The van der Waals surface area contributed by atoms with Gasteiger partial charge in [-0.1, -0.05) is 0 Å². The van der Waals surface area contributed by atoms with Gasteiger partial charge in [0.25, 0.3) is 0 Å². The highest BCUT2D eigenvalue weighted by Crippen LogP contribution is 2.35. The number of carbonyl (C=O) groups is 1. The third-order valence-electron chi connectivity index (χ3n) is 5.80. The third-order valence-corrected chi connectivity index (χ3v) is 5.80. The predicted molar refractivity (Wildman–Crippen MR) is 128 cm³/mol. The highest BCUT2D eigenvalue weighted by atomic mass is 16.5. The van der Waals surface area contributed by atoms with Crippen molar-refractivity contribution in [1.29, 1.82) is 0 Å². The molecule has 0 aliphatic carbocycles. The van der Waals surface area contributed by atoms with Crippen LogP contribution in [0.2, 0.25) is 0 Å². The van der Waals surface area contributed by atoms with Gasteiger partial charge in [-0.2, -0.15) is 5.10 Å². The van der Waals surface area contributed by atoms with Crippen LogP contribution in [-0.2, 0) is 0 Å². The monoisotopic (exact) mass is 452 g/mol. The van der Waals surface area contributed by atoms with E-state index in [1.54, 1.807) is 14.2 Å². The molecular weight excluding hydrogens is 420 g/mol. The number of fused-ring (bicyclic) bond motifs is 1. The van der Waals surface area contributed by atoms with Gasteiger partial charge in [0.15, 0.2) is 17.1 Å². The van der Waals surface area contributed by atoms with E-state index >= 15 is 0 Å². The van der Waals surface area contributed by atoms with Crippen molar-refractivity contribution in [2.45, 2.75) is 46.2 Å². The van der Waals surface area contributed by atoms with Crippen LogP contribution in [0.1, 0.15) is 31.7 Å². The Bertz CT molecular complexity index is 1170. The molecule has 2 aromatic heterocycles. The molecule has 9 nitrogen and oxygen atoms in total. The van der Waals surface area contributed by atoms with Crippen LogP contribution >= 0.6 is 0 Å². The predicted octanol–water partition coefficient (Wildman–Crippen LogP) is 3.32. The van der Waals surface area contributed by atoms with Crippen molar-refractivity contribution in [3.05, 3.63) is 35.7 Å². The highest BCUT2D eigenvalue weighted by molar-refractivity contribution is 5.77. The average molecular weight is 453 g/mol. The largest absolute Gasteiger partial charge is 0.493 e. The van der Waals surface area contributed by atoms with Crippen LogP contribution in [0, 0.1) is 13.8 Å². The van der Waals surface area contributed by atoms with E-state index in [1.807, 2.05) is 50.4 Å². The minimum atomic E-state index is -0.125. The van der Waals surface area contributed by atoms with Gasteiger partial charge in [-0.15, -0.1) is 0 Å². The normalized spacial score (nSPS) is 15.8. The number of hydrogen-bond acceptors (Lipinski definition) is 6. The molecule has 0 spiro atoms. The Kier molecular flexibility index (Phi) is 6.31. The fourth-order valence-electron chi connectivity index (χ4n) is 4.36. The molecule has 3 aromatic rings. The summed E-state index contributed by atoms with van der Waals surface area (Å²) >= 11 is 0. The number of benzene rings is 1. The molecule has 2 amide bonds. The van der Waals surface area contributed by atoms with Crippen molar-refractivity contribution in [2.24, 2.45) is 0 Å². The molecule has 1 fully saturated rings. The number of nitrogens with zero attached hydrogens (tertiary/aromatic N) is 4. The summed E-state index contributed by atoms with van der Waals surface area (Å²) in [5.74, 6) is 1.33. The van der Waals surface area contributed by atoms with Crippen molar-refractivity contribution in [3.8, 4) is 22.8 Å². The van der Waals surface area contributed by atoms with Crippen molar-refractivity contribution in [2.75, 3.05) is 32.2 Å². The maximum Gasteiger partial charge on any atom is 0.315 e. The zero-order valence-electron chi connectivity index (χ0n) is 20.1. The number of hydrogen-bond donors (Lipinski definition) is 2. The zero-order chi connectivity index (χ0) is 23.7. The molecule has 1 unspecified atom stereocenters. The van der Waals surface area contributed by atoms with Gasteiger partial charge in [-0.3, -0.25) is 0 Å². The summed E-state index contributed by atoms with van der Waals surface area (Å²) < 4.78 is 12.8. The quantitative estimate of drug-likeness (QED) is 0.596. The van der Waals surface area contributed by atoms with Gasteiger partial charge in [0.05, 0.1) is 37.0 Å². The van der Waals surface area contributed by atoms with Crippen LogP contribution in [-0.4, -0.2) is 60.0 Å². The van der Waals surface area contributed by atoms with Crippen LogP contribution in [0.4, 0.5) is 10.5 Å². The standard InChI is InChI=1S/C24H32N6O3/c1-14(2)25-24(31)27-18-9-10-29(13-18)19-11-15(3)28-30-22(16(4)26-23(19)30)17-7-8-20(32-5)21(12-17)33-6/h7-8,11-12,14,18H,9-10,13H2,1-6H3,(H2,25,27,31). The Balaban J connectivity index is 1.68. The van der Waals surface area contributed by atoms with E-state index in [1.165, 1.54) is 0 Å². The number of urea groups is 1. The molecule has 33 heavy (non-hydrogen) atoms. The summed E-state index contributed by atoms with van der Waals surface area (Å²) in [6, 6.07) is 7.96. The molecule has 0 saturated carbocycles. The number of methoxy groups -OCH3 is 2. The van der Waals surface area contributed by atoms with Gasteiger partial charge in [-0.25, -0.2) is 14.3 Å². The zero-order valence-corrected chi connectivity index (χ0v) is 20.1. The number of imidazole rings is 1. The summed E-state index contributed by atoms with van der Waals surface area (Å²) in [5.41, 5.74) is 5.47. The van der Waals surface area contributed by atoms with Crippen LogP contribution in [0.5, 0.6) is 11.5 Å². The Morgan fingerprint density at radius 2 is 1.91 bits per heavy atom. The van der Waals surface area contributed by atoms with E-state index in [0.717, 1.165) is 53.5 Å². The van der Waals surface area contributed by atoms with Crippen molar-refractivity contribution >= 4 is 17.4 Å². The lowest BCUT2D eigenvalue weighted by atomic mass is 10.1. The number of ether oxygens (including phenoxy) is 2. The molecule has 1 atom stereocenters. The molecule has 0 bridgehead atoms. The second-order valence-corrected chi connectivity index (χ2v) is 8.73. The van der Waals surface area contributed by atoms with Gasteiger partial charge < -0.3 is 25.0 Å². The first-order valence-corrected chi connectivity index (χ1v) is 11.2. The third kappa shape index (κ3) is 4.53. The molecule has 9 heteroatoms. The Hall–Kier alpha value is -3.49. The molecule has 1 aromatic carbocycles. The molecule has 4 rings (SSSR count). The number of carbonyl (C=O) groups excluding carboxylic acids is 1. The minimum Gasteiger partial charge on any atom is -0.493 e. The molecule has 1 saturated heterocycles. The van der Waals surface area contributed by atoms with E-state index in [9.17, 15) is 4.79 Å². The number of rotatable bonds is 6. The van der Waals surface area contributed by atoms with Crippen LogP contribution in [0.25, 0.3) is 16.9 Å². The molecule has 1 aliphatic rings. The van der Waals surface area contributed by atoms with E-state index in [2.05, 4.69) is 21.6 Å². The molecular formula is C24H32N6O3. The van der Waals surface area contributed by atoms with Crippen LogP contribution in [0.15, 0.2) is 24.3 Å². The Morgan fingerprint density at radius 3 is 2.61 bits per heavy atom. The van der Waals surface area contributed by atoms with Crippen molar-refractivity contribution < 1.29 is 14.3 Å². The summed E-state index contributed by atoms with van der Waals surface area (Å²) in [6.45, 7) is 9.44. The van der Waals surface area contributed by atoms with Gasteiger partial charge in [-0.05, 0) is 58.4 Å². The first kappa shape index (κ1) is 22.7. The minimum absolute atomic E-state index is 0.0821. The highest BCUT2D eigenvalue weighted by Gasteiger charge is 2.27. The van der Waals surface area contributed by atoms with Gasteiger partial charge in [0, 0.05) is 30.7 Å². The number of aryl methyl sites for hydroxylation is 2. The van der Waals surface area contributed by atoms with Crippen molar-refractivity contribution in [3.63, 3.8) is 0 Å². The van der Waals surface area contributed by atoms with E-state index in [0.29, 0.717) is 11.5 Å². The summed E-state index contributed by atoms with van der Waals surface area (Å²) in [7, 11) is 3.25. The SMILES string of the molecule is COc1ccc(-c2c(C)nc3c(N4CCC(NC(=O)NC(C)C)C4)cc(C)nn23)cc1OC. The number of anilines is 1. The van der Waals surface area contributed by atoms with Crippen LogP contribution < -0.4 is 25.0 Å². The van der Waals surface area contributed by atoms with Gasteiger partial charge in [0.1, 0.15) is 0 Å². The second-order valence-electron chi connectivity index (χ2n) is 8.73. The first-order chi connectivity index (χ1) is 15.8. The lowest BCUT2D eigenvalue weighted by Gasteiger charge is -2.20. The maximum absolute atomic E-state index is 12.1. The molecule has 1 aliphatic heterocycles. The molecule has 3 heterocycles. The summed E-state index contributed by atoms with van der Waals surface area (Å²) in [6.07, 6.45) is 0.876. The second kappa shape index (κ2) is 9.17. The maximum atomic E-state index is 12.1. The molecule has 176 valence electrons. The van der Waals surface area contributed by atoms with E-state index in [4.69, 9.17) is 19.6 Å². The van der Waals surface area contributed by atoms with Crippen LogP contribution in [0.3, 0.4) is 0 Å². The topological polar surface area (TPSA) is 93.0 Å². The molecule has 2 N–H and O–H groups in total. The number of aromatic nitrogens is 3. The van der Waals surface area contributed by atoms with Gasteiger partial charge >= 0.3 is 6.03 Å². The Labute approximate surface area is 194 Å². The van der Waals surface area contributed by atoms with E-state index in [-0.39, 0.29) is 18.1 Å². The summed E-state index contributed by atoms with van der Waals surface area (Å²) in [4.78, 5) is 19.3.